The van der Waals surface area contributed by atoms with Crippen molar-refractivity contribution >= 4 is 11.8 Å². The van der Waals surface area contributed by atoms with E-state index < -0.39 is 5.91 Å². The number of nitrogens with zero attached hydrogens (tertiary/aromatic N) is 1. The van der Waals surface area contributed by atoms with E-state index in [2.05, 4.69) is 0 Å². The van der Waals surface area contributed by atoms with Crippen LogP contribution in [0, 0.1) is 0 Å². The molecule has 2 amide bonds. The fraction of sp³-hybridized carbons (Fsp3) is 0.818. The molecular weight excluding hydrogens is 192 g/mol. The van der Waals surface area contributed by atoms with Gasteiger partial charge >= 0.3 is 0 Å². The third kappa shape index (κ3) is 6.94. The van der Waals surface area contributed by atoms with Crippen LogP contribution in [0.2, 0.25) is 0 Å². The van der Waals surface area contributed by atoms with Crippen LogP contribution < -0.4 is 5.73 Å². The van der Waals surface area contributed by atoms with Crippen molar-refractivity contribution in [1.29, 1.82) is 0 Å². The lowest BCUT2D eigenvalue weighted by Gasteiger charge is -2.20. The fourth-order valence-corrected chi connectivity index (χ4v) is 1.42. The summed E-state index contributed by atoms with van der Waals surface area (Å²) in [4.78, 5) is 23.7. The molecule has 87 valence electrons. The maximum absolute atomic E-state index is 11.5. The van der Waals surface area contributed by atoms with Crippen molar-refractivity contribution in [3.05, 3.63) is 0 Å². The summed E-state index contributed by atoms with van der Waals surface area (Å²) < 4.78 is 0. The molecule has 0 saturated carbocycles. The van der Waals surface area contributed by atoms with Gasteiger partial charge in [-0.25, -0.2) is 0 Å². The molecule has 0 aromatic carbocycles. The van der Waals surface area contributed by atoms with Crippen LogP contribution >= 0.6 is 0 Å². The lowest BCUT2D eigenvalue weighted by atomic mass is 10.2. The van der Waals surface area contributed by atoms with E-state index in [9.17, 15) is 9.59 Å². The van der Waals surface area contributed by atoms with Crippen LogP contribution in [0.3, 0.4) is 0 Å². The van der Waals surface area contributed by atoms with E-state index in [1.165, 1.54) is 0 Å². The van der Waals surface area contributed by atoms with Crippen molar-refractivity contribution in [2.45, 2.75) is 46.0 Å². The molecule has 0 unspecified atom stereocenters. The molecule has 0 heterocycles. The summed E-state index contributed by atoms with van der Waals surface area (Å²) in [6.07, 6.45) is 3.30. The molecule has 0 rings (SSSR count). The van der Waals surface area contributed by atoms with Gasteiger partial charge in [0.25, 0.3) is 0 Å². The minimum absolute atomic E-state index is 0.192. The smallest absolute Gasteiger partial charge is 0.238 e. The van der Waals surface area contributed by atoms with Crippen LogP contribution in [0.1, 0.15) is 46.0 Å². The third-order valence-electron chi connectivity index (χ3n) is 2.28. The highest BCUT2D eigenvalue weighted by Crippen LogP contribution is 2.02. The van der Waals surface area contributed by atoms with Crippen LogP contribution in [-0.4, -0.2) is 29.8 Å². The quantitative estimate of drug-likeness (QED) is 0.575. The van der Waals surface area contributed by atoms with Crippen LogP contribution in [0.25, 0.3) is 0 Å². The number of hydrogen-bond donors (Lipinski definition) is 0. The fourth-order valence-electron chi connectivity index (χ4n) is 1.42. The Morgan fingerprint density at radius 3 is 2.27 bits per heavy atom. The van der Waals surface area contributed by atoms with Gasteiger partial charge in [0.15, 0.2) is 0 Å². The van der Waals surface area contributed by atoms with Gasteiger partial charge in [0.05, 0.1) is 0 Å². The van der Waals surface area contributed by atoms with Crippen molar-refractivity contribution in [1.82, 2.24) is 10.6 Å². The van der Waals surface area contributed by atoms with Gasteiger partial charge < -0.3 is 4.90 Å². The summed E-state index contributed by atoms with van der Waals surface area (Å²) in [6.45, 7) is 5.39. The topological polar surface area (TPSA) is 61.2 Å². The molecule has 0 spiro atoms. The SMILES string of the molecule is CCCC(=O)N(CC)CCCCC([NH])=O. The van der Waals surface area contributed by atoms with Gasteiger partial charge in [-0.3, -0.25) is 15.3 Å². The Morgan fingerprint density at radius 2 is 1.80 bits per heavy atom. The molecule has 15 heavy (non-hydrogen) atoms. The Morgan fingerprint density at radius 1 is 1.13 bits per heavy atom. The van der Waals surface area contributed by atoms with E-state index >= 15 is 0 Å². The highest BCUT2D eigenvalue weighted by molar-refractivity contribution is 5.76. The summed E-state index contributed by atoms with van der Waals surface area (Å²) in [6, 6.07) is 0. The first kappa shape index (κ1) is 13.9. The maximum atomic E-state index is 11.5. The predicted molar refractivity (Wildman–Crippen MR) is 59.1 cm³/mol. The first-order valence-electron chi connectivity index (χ1n) is 5.64. The minimum atomic E-state index is -0.516. The number of rotatable bonds is 8. The van der Waals surface area contributed by atoms with E-state index in [0.29, 0.717) is 25.8 Å². The Kier molecular flexibility index (Phi) is 7.68. The van der Waals surface area contributed by atoms with E-state index in [1.807, 2.05) is 18.7 Å². The van der Waals surface area contributed by atoms with Gasteiger partial charge in [-0.15, -0.1) is 0 Å². The summed E-state index contributed by atoms with van der Waals surface area (Å²) in [5.41, 5.74) is 6.74. The molecule has 0 aromatic heterocycles. The molecule has 0 aliphatic rings. The standard InChI is InChI=1S/C11H21N2O2/c1-3-7-11(15)13(4-2)9-6-5-8-10(12)14/h12H,3-9H2,1-2H3. The molecule has 4 nitrogen and oxygen atoms in total. The van der Waals surface area contributed by atoms with Crippen molar-refractivity contribution in [2.24, 2.45) is 0 Å². The summed E-state index contributed by atoms with van der Waals surface area (Å²) in [7, 11) is 0. The normalized spacial score (nSPS) is 10.0. The summed E-state index contributed by atoms with van der Waals surface area (Å²) in [5.74, 6) is -0.324. The largest absolute Gasteiger partial charge is 0.343 e. The molecule has 0 bridgehead atoms. The van der Waals surface area contributed by atoms with Crippen molar-refractivity contribution in [2.75, 3.05) is 13.1 Å². The molecule has 1 N–H and O–H groups in total. The number of nitrogens with one attached hydrogen (secondary N) is 1. The van der Waals surface area contributed by atoms with Crippen molar-refractivity contribution in [3.8, 4) is 0 Å². The molecular formula is C11H21N2O2. The number of unbranched alkanes of at least 4 members (excludes halogenated alkanes) is 1. The van der Waals surface area contributed by atoms with E-state index in [4.69, 9.17) is 5.73 Å². The number of carbonyl (C=O) groups is 2. The predicted octanol–water partition coefficient (Wildman–Crippen LogP) is 1.61. The van der Waals surface area contributed by atoms with Crippen LogP contribution in [0.15, 0.2) is 0 Å². The van der Waals surface area contributed by atoms with Crippen molar-refractivity contribution < 1.29 is 9.59 Å². The van der Waals surface area contributed by atoms with Crippen LogP contribution in [0.4, 0.5) is 0 Å². The molecule has 0 aliphatic carbocycles. The van der Waals surface area contributed by atoms with Gasteiger partial charge in [-0.1, -0.05) is 6.92 Å². The zero-order valence-electron chi connectivity index (χ0n) is 9.71. The highest BCUT2D eigenvalue weighted by Gasteiger charge is 2.09. The summed E-state index contributed by atoms with van der Waals surface area (Å²) in [5, 5.41) is 0. The van der Waals surface area contributed by atoms with Gasteiger partial charge in [0.2, 0.25) is 11.8 Å². The van der Waals surface area contributed by atoms with Gasteiger partial charge in [0.1, 0.15) is 0 Å². The zero-order chi connectivity index (χ0) is 11.7. The number of amides is 2. The van der Waals surface area contributed by atoms with E-state index in [1.54, 1.807) is 0 Å². The molecule has 4 heteroatoms. The average molecular weight is 213 g/mol. The highest BCUT2D eigenvalue weighted by atomic mass is 16.2. The third-order valence-corrected chi connectivity index (χ3v) is 2.28. The Bertz CT molecular complexity index is 205. The Labute approximate surface area is 91.8 Å². The second kappa shape index (κ2) is 8.26. The second-order valence-corrected chi connectivity index (χ2v) is 3.60. The average Bonchev–Trinajstić information content (AvgIpc) is 2.17. The van der Waals surface area contributed by atoms with E-state index in [-0.39, 0.29) is 5.91 Å². The van der Waals surface area contributed by atoms with Crippen LogP contribution in [0.5, 0.6) is 0 Å². The lowest BCUT2D eigenvalue weighted by molar-refractivity contribution is -0.131. The van der Waals surface area contributed by atoms with Gasteiger partial charge in [-0.05, 0) is 26.2 Å². The molecule has 0 fully saturated rings. The molecule has 0 atom stereocenters. The Balaban J connectivity index is 3.70. The first-order chi connectivity index (χ1) is 7.11. The summed E-state index contributed by atoms with van der Waals surface area (Å²) >= 11 is 0. The Hall–Kier alpha value is -1.06. The number of carbonyl (C=O) groups excluding carboxylic acids is 2. The second-order valence-electron chi connectivity index (χ2n) is 3.60. The molecule has 1 radical (unpaired) electrons. The first-order valence-corrected chi connectivity index (χ1v) is 5.64. The zero-order valence-corrected chi connectivity index (χ0v) is 9.71. The van der Waals surface area contributed by atoms with E-state index in [0.717, 1.165) is 19.4 Å². The molecule has 0 aliphatic heterocycles. The minimum Gasteiger partial charge on any atom is -0.343 e. The molecule has 0 aromatic rings. The van der Waals surface area contributed by atoms with Gasteiger partial charge in [-0.2, -0.15) is 0 Å². The maximum Gasteiger partial charge on any atom is 0.238 e. The number of hydrogen-bond acceptors (Lipinski definition) is 2. The lowest BCUT2D eigenvalue weighted by Crippen LogP contribution is -2.31. The molecule has 0 saturated heterocycles. The van der Waals surface area contributed by atoms with Crippen molar-refractivity contribution in [3.63, 3.8) is 0 Å². The van der Waals surface area contributed by atoms with Crippen LogP contribution in [-0.2, 0) is 9.59 Å². The van der Waals surface area contributed by atoms with Gasteiger partial charge in [0, 0.05) is 25.9 Å². The monoisotopic (exact) mass is 213 g/mol.